The van der Waals surface area contributed by atoms with Gasteiger partial charge in [-0.25, -0.2) is 4.39 Å². The molecule has 1 atom stereocenters. The summed E-state index contributed by atoms with van der Waals surface area (Å²) in [5.41, 5.74) is 1.03. The van der Waals surface area contributed by atoms with E-state index in [2.05, 4.69) is 13.8 Å². The van der Waals surface area contributed by atoms with E-state index in [-0.39, 0.29) is 23.2 Å². The van der Waals surface area contributed by atoms with Crippen LogP contribution in [0.2, 0.25) is 0 Å². The van der Waals surface area contributed by atoms with Crippen molar-refractivity contribution in [2.75, 3.05) is 6.54 Å². The molecule has 0 saturated carbocycles. The molecule has 1 aromatic carbocycles. The van der Waals surface area contributed by atoms with Gasteiger partial charge in [-0.15, -0.1) is 0 Å². The van der Waals surface area contributed by atoms with Crippen molar-refractivity contribution in [1.29, 1.82) is 0 Å². The molecule has 1 fully saturated rings. The van der Waals surface area contributed by atoms with Gasteiger partial charge >= 0.3 is 0 Å². The van der Waals surface area contributed by atoms with Gasteiger partial charge in [0, 0.05) is 13.0 Å². The van der Waals surface area contributed by atoms with Gasteiger partial charge in [0.1, 0.15) is 5.82 Å². The Balaban J connectivity index is 2.18. The average molecular weight is 235 g/mol. The van der Waals surface area contributed by atoms with E-state index in [1.165, 1.54) is 12.1 Å². The maximum absolute atomic E-state index is 12.8. The summed E-state index contributed by atoms with van der Waals surface area (Å²) >= 11 is 0. The van der Waals surface area contributed by atoms with Gasteiger partial charge in [0.05, 0.1) is 6.04 Å². The Morgan fingerprint density at radius 3 is 2.35 bits per heavy atom. The lowest BCUT2D eigenvalue weighted by molar-refractivity contribution is -0.129. The van der Waals surface area contributed by atoms with E-state index in [9.17, 15) is 9.18 Å². The largest absolute Gasteiger partial charge is 0.335 e. The maximum atomic E-state index is 12.8. The molecule has 92 valence electrons. The van der Waals surface area contributed by atoms with Crippen molar-refractivity contribution in [3.63, 3.8) is 0 Å². The second kappa shape index (κ2) is 4.13. The van der Waals surface area contributed by atoms with Crippen LogP contribution in [0.1, 0.15) is 38.8 Å². The zero-order valence-corrected chi connectivity index (χ0v) is 10.5. The summed E-state index contributed by atoms with van der Waals surface area (Å²) in [6, 6.07) is 6.40. The number of hydrogen-bond acceptors (Lipinski definition) is 1. The third-order valence-corrected chi connectivity index (χ3v) is 3.37. The molecular weight excluding hydrogens is 217 g/mol. The lowest BCUT2D eigenvalue weighted by Gasteiger charge is -2.26. The van der Waals surface area contributed by atoms with Gasteiger partial charge in [-0.3, -0.25) is 4.79 Å². The fourth-order valence-corrected chi connectivity index (χ4v) is 2.39. The zero-order chi connectivity index (χ0) is 12.6. The summed E-state index contributed by atoms with van der Waals surface area (Å²) in [7, 11) is 0. The molecule has 0 aliphatic carbocycles. The maximum Gasteiger partial charge on any atom is 0.223 e. The van der Waals surface area contributed by atoms with E-state index >= 15 is 0 Å². The SMILES string of the molecule is CC(c1ccc(F)cc1)N1CC(C)(C)CC1=O. The molecule has 2 nitrogen and oxygen atoms in total. The van der Waals surface area contributed by atoms with Crippen LogP contribution in [0.4, 0.5) is 4.39 Å². The van der Waals surface area contributed by atoms with Crippen molar-refractivity contribution in [1.82, 2.24) is 4.90 Å². The molecule has 0 radical (unpaired) electrons. The normalized spacial score (nSPS) is 20.7. The van der Waals surface area contributed by atoms with Gasteiger partial charge in [-0.1, -0.05) is 26.0 Å². The number of hydrogen-bond donors (Lipinski definition) is 0. The molecule has 2 rings (SSSR count). The molecule has 17 heavy (non-hydrogen) atoms. The fraction of sp³-hybridized carbons (Fsp3) is 0.500. The number of halogens is 1. The van der Waals surface area contributed by atoms with Crippen LogP contribution in [0, 0.1) is 11.2 Å². The first kappa shape index (κ1) is 12.1. The zero-order valence-electron chi connectivity index (χ0n) is 10.5. The highest BCUT2D eigenvalue weighted by Gasteiger charge is 2.38. The van der Waals surface area contributed by atoms with Gasteiger partial charge in [0.2, 0.25) is 5.91 Å². The van der Waals surface area contributed by atoms with E-state index in [0.717, 1.165) is 12.1 Å². The molecule has 1 aliphatic heterocycles. The molecule has 0 bridgehead atoms. The van der Waals surface area contributed by atoms with Crippen LogP contribution < -0.4 is 0 Å². The average Bonchev–Trinajstić information content (AvgIpc) is 2.52. The second-order valence-corrected chi connectivity index (χ2v) is 5.59. The van der Waals surface area contributed by atoms with Gasteiger partial charge in [0.25, 0.3) is 0 Å². The monoisotopic (exact) mass is 235 g/mol. The highest BCUT2D eigenvalue weighted by atomic mass is 19.1. The van der Waals surface area contributed by atoms with Crippen LogP contribution in [0.25, 0.3) is 0 Å². The van der Waals surface area contributed by atoms with Crippen molar-refractivity contribution >= 4 is 5.91 Å². The Bertz CT molecular complexity index is 424. The van der Waals surface area contributed by atoms with Crippen molar-refractivity contribution in [3.05, 3.63) is 35.6 Å². The van der Waals surface area contributed by atoms with Crippen LogP contribution in [-0.4, -0.2) is 17.4 Å². The topological polar surface area (TPSA) is 20.3 Å². The lowest BCUT2D eigenvalue weighted by atomic mass is 9.93. The summed E-state index contributed by atoms with van der Waals surface area (Å²) in [5.74, 6) is -0.0548. The third-order valence-electron chi connectivity index (χ3n) is 3.37. The van der Waals surface area contributed by atoms with Crippen molar-refractivity contribution in [2.45, 2.75) is 33.2 Å². The van der Waals surface area contributed by atoms with Crippen LogP contribution in [0.5, 0.6) is 0 Å². The second-order valence-electron chi connectivity index (χ2n) is 5.59. The Morgan fingerprint density at radius 2 is 1.88 bits per heavy atom. The van der Waals surface area contributed by atoms with Crippen molar-refractivity contribution in [2.24, 2.45) is 5.41 Å². The number of rotatable bonds is 2. The Hall–Kier alpha value is -1.38. The quantitative estimate of drug-likeness (QED) is 0.771. The highest BCUT2D eigenvalue weighted by molar-refractivity contribution is 5.79. The molecule has 1 saturated heterocycles. The van der Waals surface area contributed by atoms with Gasteiger partial charge < -0.3 is 4.90 Å². The first-order valence-electron chi connectivity index (χ1n) is 5.94. The number of likely N-dealkylation sites (tertiary alicyclic amines) is 1. The fourth-order valence-electron chi connectivity index (χ4n) is 2.39. The molecule has 1 aliphatic rings. The summed E-state index contributed by atoms with van der Waals surface area (Å²) < 4.78 is 12.8. The minimum Gasteiger partial charge on any atom is -0.335 e. The summed E-state index contributed by atoms with van der Waals surface area (Å²) in [5, 5.41) is 0. The minimum absolute atomic E-state index is 0.0184. The van der Waals surface area contributed by atoms with Crippen LogP contribution in [-0.2, 0) is 4.79 Å². The highest BCUT2D eigenvalue weighted by Crippen LogP contribution is 2.35. The van der Waals surface area contributed by atoms with E-state index in [1.807, 2.05) is 11.8 Å². The summed E-state index contributed by atoms with van der Waals surface area (Å²) in [6.45, 7) is 6.96. The van der Waals surface area contributed by atoms with Gasteiger partial charge in [-0.05, 0) is 30.0 Å². The molecule has 0 aromatic heterocycles. The van der Waals surface area contributed by atoms with Crippen LogP contribution >= 0.6 is 0 Å². The van der Waals surface area contributed by atoms with Crippen LogP contribution in [0.3, 0.4) is 0 Å². The van der Waals surface area contributed by atoms with Gasteiger partial charge in [-0.2, -0.15) is 0 Å². The summed E-state index contributed by atoms with van der Waals surface area (Å²) in [4.78, 5) is 13.8. The van der Waals surface area contributed by atoms with E-state index in [4.69, 9.17) is 0 Å². The predicted molar refractivity (Wildman–Crippen MR) is 64.9 cm³/mol. The molecule has 1 aromatic rings. The molecule has 1 amide bonds. The standard InChI is InChI=1S/C14H18FNO/c1-10(11-4-6-12(15)7-5-11)16-9-14(2,3)8-13(16)17/h4-7,10H,8-9H2,1-3H3. The van der Waals surface area contributed by atoms with E-state index in [0.29, 0.717) is 6.42 Å². The first-order valence-corrected chi connectivity index (χ1v) is 5.94. The molecule has 1 unspecified atom stereocenters. The molecule has 0 N–H and O–H groups in total. The lowest BCUT2D eigenvalue weighted by Crippen LogP contribution is -2.29. The number of amides is 1. The van der Waals surface area contributed by atoms with Crippen molar-refractivity contribution < 1.29 is 9.18 Å². The molecule has 3 heteroatoms. The van der Waals surface area contributed by atoms with Crippen molar-refractivity contribution in [3.8, 4) is 0 Å². The van der Waals surface area contributed by atoms with E-state index in [1.54, 1.807) is 12.1 Å². The Morgan fingerprint density at radius 1 is 1.29 bits per heavy atom. The number of nitrogens with zero attached hydrogens (tertiary/aromatic N) is 1. The van der Waals surface area contributed by atoms with Gasteiger partial charge in [0.15, 0.2) is 0 Å². The third kappa shape index (κ3) is 2.48. The van der Waals surface area contributed by atoms with E-state index < -0.39 is 0 Å². The summed E-state index contributed by atoms with van der Waals surface area (Å²) in [6.07, 6.45) is 0.596. The first-order chi connectivity index (χ1) is 7.89. The minimum atomic E-state index is -0.242. The molecular formula is C14H18FNO. The number of carbonyl (C=O) groups is 1. The number of benzene rings is 1. The number of carbonyl (C=O) groups excluding carboxylic acids is 1. The molecule has 1 heterocycles. The Labute approximate surface area is 101 Å². The Kier molecular flexibility index (Phi) is 2.94. The molecule has 0 spiro atoms. The van der Waals surface area contributed by atoms with Crippen LogP contribution in [0.15, 0.2) is 24.3 Å². The predicted octanol–water partition coefficient (Wildman–Crippen LogP) is 3.15. The smallest absolute Gasteiger partial charge is 0.223 e.